The molecule has 0 aromatic heterocycles. The molecule has 0 fully saturated rings. The molecule has 0 atom stereocenters. The van der Waals surface area contributed by atoms with Crippen molar-refractivity contribution in [3.63, 3.8) is 0 Å². The van der Waals surface area contributed by atoms with E-state index in [9.17, 15) is 13.5 Å². The maximum atomic E-state index is 11.5. The van der Waals surface area contributed by atoms with Crippen molar-refractivity contribution in [2.75, 3.05) is 5.32 Å². The van der Waals surface area contributed by atoms with E-state index in [1.807, 2.05) is 19.1 Å². The van der Waals surface area contributed by atoms with Crippen molar-refractivity contribution < 1.29 is 13.5 Å². The lowest BCUT2D eigenvalue weighted by atomic mass is 10.1. The van der Waals surface area contributed by atoms with Crippen LogP contribution in [0.4, 0.5) is 5.69 Å². The number of nitrogens with two attached hydrogens (primary N) is 1. The molecule has 0 aliphatic carbocycles. The molecule has 2 rings (SSSR count). The van der Waals surface area contributed by atoms with Crippen LogP contribution in [0.3, 0.4) is 0 Å². The van der Waals surface area contributed by atoms with Crippen LogP contribution in [-0.4, -0.2) is 13.5 Å². The zero-order chi connectivity index (χ0) is 15.6. The van der Waals surface area contributed by atoms with Gasteiger partial charge < -0.3 is 10.4 Å². The molecule has 0 aliphatic heterocycles. The zero-order valence-corrected chi connectivity index (χ0v) is 12.7. The van der Waals surface area contributed by atoms with E-state index in [0.29, 0.717) is 17.8 Å². The van der Waals surface area contributed by atoms with Gasteiger partial charge in [0.15, 0.2) is 0 Å². The molecule has 0 bridgehead atoms. The van der Waals surface area contributed by atoms with E-state index in [1.165, 1.54) is 6.07 Å². The Morgan fingerprint density at radius 3 is 2.57 bits per heavy atom. The minimum Gasteiger partial charge on any atom is -0.508 e. The van der Waals surface area contributed by atoms with E-state index in [0.717, 1.165) is 11.1 Å². The fraction of sp³-hybridized carbons (Fsp3) is 0.200. The lowest BCUT2D eigenvalue weighted by Crippen LogP contribution is -2.14. The summed E-state index contributed by atoms with van der Waals surface area (Å²) in [7, 11) is -3.74. The summed E-state index contributed by atoms with van der Waals surface area (Å²) in [5, 5.41) is 18.1. The first kappa shape index (κ1) is 15.3. The van der Waals surface area contributed by atoms with Gasteiger partial charge >= 0.3 is 0 Å². The first-order valence-corrected chi connectivity index (χ1v) is 7.98. The Bertz CT molecular complexity index is 770. The Balaban J connectivity index is 2.27. The van der Waals surface area contributed by atoms with Crippen LogP contribution in [0.15, 0.2) is 41.3 Å². The van der Waals surface area contributed by atoms with Crippen molar-refractivity contribution in [1.82, 2.24) is 0 Å². The molecular weight excluding hydrogens is 288 g/mol. The molecule has 5 nitrogen and oxygen atoms in total. The molecule has 0 spiro atoms. The number of hydrogen-bond donors (Lipinski definition) is 3. The van der Waals surface area contributed by atoms with Crippen LogP contribution in [0.2, 0.25) is 0 Å². The molecule has 112 valence electrons. The predicted molar refractivity (Wildman–Crippen MR) is 82.7 cm³/mol. The standard InChI is InChI=1S/C15H18N2O3S/c1-10-6-7-14(18)12(8-10)9-17-13-4-3-5-15(11(13)2)21(16,19)20/h3-8,17-18H,9H2,1-2H3,(H2,16,19,20). The van der Waals surface area contributed by atoms with Gasteiger partial charge in [-0.05, 0) is 37.6 Å². The SMILES string of the molecule is Cc1ccc(O)c(CNc2cccc(S(N)(=O)=O)c2C)c1. The largest absolute Gasteiger partial charge is 0.508 e. The maximum absolute atomic E-state index is 11.5. The number of aromatic hydroxyl groups is 1. The van der Waals surface area contributed by atoms with Gasteiger partial charge in [-0.25, -0.2) is 13.6 Å². The number of phenols is 1. The van der Waals surface area contributed by atoms with Gasteiger partial charge in [-0.3, -0.25) is 0 Å². The van der Waals surface area contributed by atoms with Crippen molar-refractivity contribution in [2.24, 2.45) is 5.14 Å². The van der Waals surface area contributed by atoms with Gasteiger partial charge in [0.25, 0.3) is 0 Å². The first-order chi connectivity index (χ1) is 9.79. The van der Waals surface area contributed by atoms with Gasteiger partial charge in [0.2, 0.25) is 10.0 Å². The number of phenolic OH excluding ortho intramolecular Hbond substituents is 1. The average molecular weight is 306 g/mol. The number of aryl methyl sites for hydroxylation is 1. The predicted octanol–water partition coefficient (Wildman–Crippen LogP) is 2.27. The zero-order valence-electron chi connectivity index (χ0n) is 11.9. The van der Waals surface area contributed by atoms with E-state index in [4.69, 9.17) is 5.14 Å². The number of sulfonamides is 1. The van der Waals surface area contributed by atoms with Crippen LogP contribution in [-0.2, 0) is 16.6 Å². The Kier molecular flexibility index (Phi) is 4.20. The maximum Gasteiger partial charge on any atom is 0.238 e. The number of rotatable bonds is 4. The Hall–Kier alpha value is -2.05. The topological polar surface area (TPSA) is 92.4 Å². The van der Waals surface area contributed by atoms with Crippen LogP contribution in [0.1, 0.15) is 16.7 Å². The summed E-state index contributed by atoms with van der Waals surface area (Å²) in [6.45, 7) is 4.02. The normalized spacial score (nSPS) is 11.4. The number of anilines is 1. The minimum atomic E-state index is -3.74. The third-order valence-corrected chi connectivity index (χ3v) is 4.35. The highest BCUT2D eigenvalue weighted by Crippen LogP contribution is 2.24. The van der Waals surface area contributed by atoms with Crippen LogP contribution >= 0.6 is 0 Å². The van der Waals surface area contributed by atoms with Crippen LogP contribution in [0, 0.1) is 13.8 Å². The Labute approximate surface area is 124 Å². The van der Waals surface area contributed by atoms with E-state index in [-0.39, 0.29) is 10.6 Å². The van der Waals surface area contributed by atoms with Gasteiger partial charge in [-0.15, -0.1) is 0 Å². The summed E-state index contributed by atoms with van der Waals surface area (Å²) in [6, 6.07) is 10.2. The summed E-state index contributed by atoms with van der Waals surface area (Å²) in [6.07, 6.45) is 0. The van der Waals surface area contributed by atoms with Gasteiger partial charge in [0.05, 0.1) is 4.90 Å². The molecule has 2 aromatic rings. The first-order valence-electron chi connectivity index (χ1n) is 6.44. The molecule has 0 unspecified atom stereocenters. The van der Waals surface area contributed by atoms with Gasteiger partial charge in [0.1, 0.15) is 5.75 Å². The lowest BCUT2D eigenvalue weighted by Gasteiger charge is -2.13. The second-order valence-corrected chi connectivity index (χ2v) is 6.49. The Morgan fingerprint density at radius 1 is 1.19 bits per heavy atom. The number of benzene rings is 2. The second-order valence-electron chi connectivity index (χ2n) is 4.96. The van der Waals surface area contributed by atoms with Crippen molar-refractivity contribution in [3.05, 3.63) is 53.1 Å². The molecule has 6 heteroatoms. The molecule has 21 heavy (non-hydrogen) atoms. The smallest absolute Gasteiger partial charge is 0.238 e. The molecule has 0 saturated heterocycles. The summed E-state index contributed by atoms with van der Waals surface area (Å²) in [5.74, 6) is 0.202. The summed E-state index contributed by atoms with van der Waals surface area (Å²) in [4.78, 5) is 0.0981. The molecule has 0 heterocycles. The Morgan fingerprint density at radius 2 is 1.90 bits per heavy atom. The third kappa shape index (κ3) is 3.53. The molecule has 4 N–H and O–H groups in total. The summed E-state index contributed by atoms with van der Waals surface area (Å²) in [5.41, 5.74) is 3.02. The van der Waals surface area contributed by atoms with E-state index < -0.39 is 10.0 Å². The molecule has 0 saturated carbocycles. The highest BCUT2D eigenvalue weighted by molar-refractivity contribution is 7.89. The van der Waals surface area contributed by atoms with E-state index >= 15 is 0 Å². The quantitative estimate of drug-likeness (QED) is 0.808. The molecule has 0 radical (unpaired) electrons. The van der Waals surface area contributed by atoms with Gasteiger partial charge in [-0.1, -0.05) is 23.8 Å². The number of nitrogens with one attached hydrogen (secondary N) is 1. The molecule has 0 amide bonds. The van der Waals surface area contributed by atoms with E-state index in [2.05, 4.69) is 5.32 Å². The third-order valence-electron chi connectivity index (χ3n) is 3.29. The monoisotopic (exact) mass is 306 g/mol. The second kappa shape index (κ2) is 5.75. The van der Waals surface area contributed by atoms with Crippen LogP contribution < -0.4 is 10.5 Å². The highest BCUT2D eigenvalue weighted by atomic mass is 32.2. The van der Waals surface area contributed by atoms with Crippen molar-refractivity contribution >= 4 is 15.7 Å². The van der Waals surface area contributed by atoms with Crippen molar-refractivity contribution in [2.45, 2.75) is 25.3 Å². The van der Waals surface area contributed by atoms with Crippen LogP contribution in [0.5, 0.6) is 5.75 Å². The number of primary sulfonamides is 1. The van der Waals surface area contributed by atoms with Crippen molar-refractivity contribution in [3.8, 4) is 5.75 Å². The number of hydrogen-bond acceptors (Lipinski definition) is 4. The lowest BCUT2D eigenvalue weighted by molar-refractivity contribution is 0.469. The van der Waals surface area contributed by atoms with Gasteiger partial charge in [-0.2, -0.15) is 0 Å². The van der Waals surface area contributed by atoms with E-state index in [1.54, 1.807) is 25.1 Å². The summed E-state index contributed by atoms with van der Waals surface area (Å²) < 4.78 is 23.0. The highest BCUT2D eigenvalue weighted by Gasteiger charge is 2.13. The average Bonchev–Trinajstić information content (AvgIpc) is 2.40. The van der Waals surface area contributed by atoms with Crippen molar-refractivity contribution in [1.29, 1.82) is 0 Å². The van der Waals surface area contributed by atoms with Gasteiger partial charge in [0, 0.05) is 17.8 Å². The fourth-order valence-corrected chi connectivity index (χ4v) is 2.97. The molecule has 2 aromatic carbocycles. The molecule has 0 aliphatic rings. The minimum absolute atomic E-state index is 0.0981. The summed E-state index contributed by atoms with van der Waals surface area (Å²) >= 11 is 0. The molecular formula is C15H18N2O3S. The fourth-order valence-electron chi connectivity index (χ4n) is 2.16. The van der Waals surface area contributed by atoms with Crippen LogP contribution in [0.25, 0.3) is 0 Å².